The summed E-state index contributed by atoms with van der Waals surface area (Å²) in [7, 11) is 0. The fourth-order valence-corrected chi connectivity index (χ4v) is 3.49. The second kappa shape index (κ2) is 10.1. The van der Waals surface area contributed by atoms with Gasteiger partial charge in [0.15, 0.2) is 0 Å². The zero-order valence-electron chi connectivity index (χ0n) is 18.0. The minimum Gasteiger partial charge on any atom is -0.484 e. The molecule has 0 aliphatic carbocycles. The van der Waals surface area contributed by atoms with Gasteiger partial charge in [0, 0.05) is 11.1 Å². The van der Waals surface area contributed by atoms with Crippen LogP contribution in [0.1, 0.15) is 61.2 Å². The van der Waals surface area contributed by atoms with Crippen molar-refractivity contribution in [3.05, 3.63) is 83.6 Å². The van der Waals surface area contributed by atoms with Crippen LogP contribution in [-0.2, 0) is 6.42 Å². The van der Waals surface area contributed by atoms with Crippen molar-refractivity contribution in [3.63, 3.8) is 0 Å². The Hall–Kier alpha value is -3.14. The van der Waals surface area contributed by atoms with Crippen LogP contribution in [0.15, 0.2) is 66.9 Å². The van der Waals surface area contributed by atoms with E-state index in [2.05, 4.69) is 50.0 Å². The van der Waals surface area contributed by atoms with Gasteiger partial charge < -0.3 is 10.5 Å². The highest BCUT2D eigenvalue weighted by molar-refractivity contribution is 5.92. The maximum atomic E-state index is 11.3. The molecule has 0 saturated carbocycles. The van der Waals surface area contributed by atoms with Crippen LogP contribution in [0.3, 0.4) is 0 Å². The molecular weight excluding hydrogens is 372 g/mol. The molecule has 1 atom stereocenters. The molecule has 1 aromatic heterocycles. The summed E-state index contributed by atoms with van der Waals surface area (Å²) in [5.41, 5.74) is 10.2. The molecule has 0 bridgehead atoms. The van der Waals surface area contributed by atoms with Crippen molar-refractivity contribution in [2.45, 2.75) is 46.1 Å². The molecule has 0 aliphatic heterocycles. The topological polar surface area (TPSA) is 65.2 Å². The summed E-state index contributed by atoms with van der Waals surface area (Å²) in [6, 6.07) is 19.9. The van der Waals surface area contributed by atoms with Gasteiger partial charge in [-0.3, -0.25) is 9.78 Å². The Morgan fingerprint density at radius 3 is 2.23 bits per heavy atom. The van der Waals surface area contributed by atoms with Crippen LogP contribution in [-0.4, -0.2) is 10.9 Å². The van der Waals surface area contributed by atoms with E-state index in [1.807, 2.05) is 24.3 Å². The number of amides is 1. The van der Waals surface area contributed by atoms with Gasteiger partial charge in [-0.05, 0) is 54.2 Å². The Morgan fingerprint density at radius 1 is 1.00 bits per heavy atom. The first-order valence-electron chi connectivity index (χ1n) is 10.6. The normalized spacial score (nSPS) is 12.0. The number of aromatic nitrogens is 1. The minimum atomic E-state index is -0.425. The highest BCUT2D eigenvalue weighted by Crippen LogP contribution is 2.27. The second-order valence-corrected chi connectivity index (χ2v) is 8.06. The summed E-state index contributed by atoms with van der Waals surface area (Å²) in [6.45, 7) is 6.58. The number of ether oxygens (including phenoxy) is 1. The van der Waals surface area contributed by atoms with Crippen molar-refractivity contribution >= 4 is 5.91 Å². The van der Waals surface area contributed by atoms with Crippen molar-refractivity contribution in [1.82, 2.24) is 4.98 Å². The maximum Gasteiger partial charge on any atom is 0.248 e. The van der Waals surface area contributed by atoms with Crippen LogP contribution in [0.25, 0.3) is 11.3 Å². The fraction of sp³-hybridized carbons (Fsp3) is 0.308. The third-order valence-electron chi connectivity index (χ3n) is 5.03. The number of hydrogen-bond acceptors (Lipinski definition) is 3. The Morgan fingerprint density at radius 2 is 1.70 bits per heavy atom. The average molecular weight is 403 g/mol. The van der Waals surface area contributed by atoms with Crippen LogP contribution in [0.4, 0.5) is 0 Å². The maximum absolute atomic E-state index is 11.3. The van der Waals surface area contributed by atoms with Crippen molar-refractivity contribution in [2.75, 3.05) is 0 Å². The molecule has 156 valence electrons. The molecule has 4 heteroatoms. The standard InChI is InChI=1S/C26H30N2O2/c1-4-5-25(21-10-12-22(13-11-21)26(27)29)30-23-14-15-24(28-17-23)20-8-6-19(7-9-20)16-18(2)3/h6-15,17-18,25H,4-5,16H2,1-3H3,(H2,27,29). The molecule has 0 aliphatic rings. The highest BCUT2D eigenvalue weighted by atomic mass is 16.5. The van der Waals surface area contributed by atoms with E-state index in [4.69, 9.17) is 10.5 Å². The minimum absolute atomic E-state index is 0.0973. The van der Waals surface area contributed by atoms with E-state index in [9.17, 15) is 4.79 Å². The first-order valence-corrected chi connectivity index (χ1v) is 10.6. The monoisotopic (exact) mass is 402 g/mol. The first-order chi connectivity index (χ1) is 14.5. The molecule has 0 fully saturated rings. The number of hydrogen-bond donors (Lipinski definition) is 1. The predicted octanol–water partition coefficient (Wildman–Crippen LogP) is 5.97. The lowest BCUT2D eigenvalue weighted by Gasteiger charge is -2.19. The molecule has 1 heterocycles. The first kappa shape index (κ1) is 21.6. The van der Waals surface area contributed by atoms with Crippen LogP contribution >= 0.6 is 0 Å². The third kappa shape index (κ3) is 5.69. The number of pyridine rings is 1. The molecule has 0 radical (unpaired) electrons. The van der Waals surface area contributed by atoms with E-state index in [1.165, 1.54) is 5.56 Å². The predicted molar refractivity (Wildman–Crippen MR) is 121 cm³/mol. The van der Waals surface area contributed by atoms with E-state index < -0.39 is 5.91 Å². The van der Waals surface area contributed by atoms with Gasteiger partial charge in [-0.2, -0.15) is 0 Å². The van der Waals surface area contributed by atoms with Gasteiger partial charge >= 0.3 is 0 Å². The third-order valence-corrected chi connectivity index (χ3v) is 5.03. The van der Waals surface area contributed by atoms with Crippen molar-refractivity contribution < 1.29 is 9.53 Å². The number of benzene rings is 2. The van der Waals surface area contributed by atoms with Crippen molar-refractivity contribution in [2.24, 2.45) is 11.7 Å². The zero-order valence-corrected chi connectivity index (χ0v) is 18.0. The van der Waals surface area contributed by atoms with Crippen molar-refractivity contribution in [1.29, 1.82) is 0 Å². The molecular formula is C26H30N2O2. The fourth-order valence-electron chi connectivity index (χ4n) is 3.49. The lowest BCUT2D eigenvalue weighted by molar-refractivity contribution is 0.1000. The van der Waals surface area contributed by atoms with Gasteiger partial charge in [0.2, 0.25) is 5.91 Å². The van der Waals surface area contributed by atoms with E-state index >= 15 is 0 Å². The molecule has 2 N–H and O–H groups in total. The molecule has 1 unspecified atom stereocenters. The highest BCUT2D eigenvalue weighted by Gasteiger charge is 2.14. The van der Waals surface area contributed by atoms with E-state index in [0.717, 1.165) is 41.8 Å². The number of primary amides is 1. The lowest BCUT2D eigenvalue weighted by atomic mass is 10.0. The number of carbonyl (C=O) groups excluding carboxylic acids is 1. The van der Waals surface area contributed by atoms with Gasteiger partial charge in [-0.15, -0.1) is 0 Å². The van der Waals surface area contributed by atoms with E-state index in [-0.39, 0.29) is 6.10 Å². The SMILES string of the molecule is CCCC(Oc1ccc(-c2ccc(CC(C)C)cc2)nc1)c1ccc(C(N)=O)cc1. The number of nitrogens with zero attached hydrogens (tertiary/aromatic N) is 1. The number of nitrogens with two attached hydrogens (primary N) is 1. The van der Waals surface area contributed by atoms with Crippen LogP contribution in [0.5, 0.6) is 5.75 Å². The smallest absolute Gasteiger partial charge is 0.248 e. The molecule has 0 saturated heterocycles. The van der Waals surface area contributed by atoms with Crippen LogP contribution in [0.2, 0.25) is 0 Å². The second-order valence-electron chi connectivity index (χ2n) is 8.06. The molecule has 3 aromatic rings. The average Bonchev–Trinajstić information content (AvgIpc) is 2.74. The van der Waals surface area contributed by atoms with E-state index in [0.29, 0.717) is 11.5 Å². The van der Waals surface area contributed by atoms with Crippen molar-refractivity contribution in [3.8, 4) is 17.0 Å². The van der Waals surface area contributed by atoms with Gasteiger partial charge in [0.05, 0.1) is 11.9 Å². The van der Waals surface area contributed by atoms with Crippen LogP contribution in [0, 0.1) is 5.92 Å². The van der Waals surface area contributed by atoms with Gasteiger partial charge in [0.25, 0.3) is 0 Å². The molecule has 4 nitrogen and oxygen atoms in total. The summed E-state index contributed by atoms with van der Waals surface area (Å²) in [6.07, 6.45) is 4.61. The molecule has 1 amide bonds. The largest absolute Gasteiger partial charge is 0.484 e. The molecule has 2 aromatic carbocycles. The molecule has 3 rings (SSSR count). The summed E-state index contributed by atoms with van der Waals surface area (Å²) in [5.74, 6) is 0.951. The van der Waals surface area contributed by atoms with Gasteiger partial charge in [0.1, 0.15) is 11.9 Å². The quantitative estimate of drug-likeness (QED) is 0.480. The number of rotatable bonds is 9. The van der Waals surface area contributed by atoms with E-state index in [1.54, 1.807) is 18.3 Å². The Kier molecular flexibility index (Phi) is 7.23. The molecule has 0 spiro atoms. The Bertz CT molecular complexity index is 946. The number of carbonyl (C=O) groups is 1. The Labute approximate surface area is 179 Å². The summed E-state index contributed by atoms with van der Waals surface area (Å²) in [4.78, 5) is 15.9. The molecule has 30 heavy (non-hydrogen) atoms. The van der Waals surface area contributed by atoms with Crippen LogP contribution < -0.4 is 10.5 Å². The lowest BCUT2D eigenvalue weighted by Crippen LogP contribution is -2.12. The summed E-state index contributed by atoms with van der Waals surface area (Å²) in [5, 5.41) is 0. The zero-order chi connectivity index (χ0) is 21.5. The summed E-state index contributed by atoms with van der Waals surface area (Å²) >= 11 is 0. The van der Waals surface area contributed by atoms with Gasteiger partial charge in [-0.25, -0.2) is 0 Å². The Balaban J connectivity index is 1.71. The van der Waals surface area contributed by atoms with Gasteiger partial charge in [-0.1, -0.05) is 63.6 Å². The summed E-state index contributed by atoms with van der Waals surface area (Å²) < 4.78 is 6.22.